The van der Waals surface area contributed by atoms with E-state index in [1.165, 1.54) is 26.9 Å². The number of benzene rings is 5. The normalized spacial score (nSPS) is 11.6. The minimum atomic E-state index is -1.34. The summed E-state index contributed by atoms with van der Waals surface area (Å²) in [5.74, 6) is 0.667. The fourth-order valence-electron chi connectivity index (χ4n) is 6.64. The van der Waals surface area contributed by atoms with Crippen molar-refractivity contribution in [2.45, 2.75) is 46.8 Å². The standard InChI is InChI=1S/C26H16NO.C18H24NSi.Ir/c1-16-10-13-20(26-25(16)21-8-4-5-9-24(21)28-26)23-14-22-18(15-27-23)12-11-17-6-2-3-7-19(17)22;1-14(2)11-16-12-17(15-9-7-6-8-10-15)19-13-18(16)20(3,4)5;/h2-12,14-15H,1H3;6-9,12-14H,11H2,1-5H3;/q2*-1;. The van der Waals surface area contributed by atoms with Crippen LogP contribution >= 0.6 is 0 Å². The van der Waals surface area contributed by atoms with Crippen molar-refractivity contribution in [2.24, 2.45) is 5.92 Å². The summed E-state index contributed by atoms with van der Waals surface area (Å²) < 4.78 is 6.25. The van der Waals surface area contributed by atoms with E-state index < -0.39 is 8.07 Å². The molecule has 8 rings (SSSR count). The molecule has 0 aliphatic carbocycles. The average Bonchev–Trinajstić information content (AvgIpc) is 3.49. The van der Waals surface area contributed by atoms with E-state index in [4.69, 9.17) is 9.40 Å². The van der Waals surface area contributed by atoms with Gasteiger partial charge in [-0.15, -0.1) is 53.6 Å². The summed E-state index contributed by atoms with van der Waals surface area (Å²) in [5.41, 5.74) is 8.31. The molecule has 0 aliphatic heterocycles. The molecule has 0 fully saturated rings. The second kappa shape index (κ2) is 14.2. The zero-order valence-electron chi connectivity index (χ0n) is 28.9. The molecule has 0 atom stereocenters. The molecule has 5 aromatic carbocycles. The number of nitrogens with zero attached hydrogens (tertiary/aromatic N) is 2. The number of furan rings is 1. The molecule has 0 saturated carbocycles. The predicted molar refractivity (Wildman–Crippen MR) is 206 cm³/mol. The molecule has 0 N–H and O–H groups in total. The van der Waals surface area contributed by atoms with Crippen LogP contribution in [0.25, 0.3) is 66.0 Å². The smallest absolute Gasteiger partial charge is 0.120 e. The Morgan fingerprint density at radius 2 is 1.45 bits per heavy atom. The SMILES string of the molecule is CC(C)Cc1cc(-c2[c-]cccc2)ncc1[Si](C)(C)C.Cc1c[c-]c(-c2cc3c(ccc4ccccc43)cn2)c2oc3ccccc3c12.[Ir]. The molecule has 3 aromatic heterocycles. The molecule has 8 aromatic rings. The summed E-state index contributed by atoms with van der Waals surface area (Å²) in [6.45, 7) is 13.8. The van der Waals surface area contributed by atoms with Crippen LogP contribution in [-0.4, -0.2) is 18.0 Å². The largest absolute Gasteiger partial charge is 0.501 e. The van der Waals surface area contributed by atoms with Crippen LogP contribution in [0.5, 0.6) is 0 Å². The quantitative estimate of drug-likeness (QED) is 0.0985. The van der Waals surface area contributed by atoms with E-state index in [2.05, 4.69) is 124 Å². The molecule has 0 unspecified atom stereocenters. The number of hydrogen-bond acceptors (Lipinski definition) is 3. The number of pyridine rings is 2. The Balaban J connectivity index is 0.000000177. The van der Waals surface area contributed by atoms with Crippen molar-refractivity contribution in [1.29, 1.82) is 0 Å². The monoisotopic (exact) mass is 833 g/mol. The molecule has 3 heterocycles. The van der Waals surface area contributed by atoms with Crippen LogP contribution in [-0.2, 0) is 26.5 Å². The van der Waals surface area contributed by atoms with Crippen LogP contribution in [0, 0.1) is 25.0 Å². The third-order valence-electron chi connectivity index (χ3n) is 8.95. The van der Waals surface area contributed by atoms with Gasteiger partial charge in [-0.05, 0) is 56.5 Å². The molecule has 5 heteroatoms. The molecule has 49 heavy (non-hydrogen) atoms. The molecule has 3 nitrogen and oxygen atoms in total. The summed E-state index contributed by atoms with van der Waals surface area (Å²) in [6.07, 6.45) is 5.18. The Labute approximate surface area is 303 Å². The van der Waals surface area contributed by atoms with Crippen molar-refractivity contribution >= 4 is 56.7 Å². The van der Waals surface area contributed by atoms with Gasteiger partial charge in [-0.2, -0.15) is 0 Å². The maximum atomic E-state index is 6.25. The zero-order chi connectivity index (χ0) is 33.4. The number of aromatic nitrogens is 2. The van der Waals surface area contributed by atoms with Gasteiger partial charge in [0.2, 0.25) is 0 Å². The summed E-state index contributed by atoms with van der Waals surface area (Å²) >= 11 is 0. The fourth-order valence-corrected chi connectivity index (χ4v) is 8.23. The Hall–Kier alpha value is -4.41. The van der Waals surface area contributed by atoms with Crippen LogP contribution < -0.4 is 5.19 Å². The first-order valence-electron chi connectivity index (χ1n) is 16.7. The maximum Gasteiger partial charge on any atom is 0.120 e. The molecule has 0 saturated heterocycles. The Morgan fingerprint density at radius 1 is 0.735 bits per heavy atom. The van der Waals surface area contributed by atoms with Crippen LogP contribution in [0.4, 0.5) is 0 Å². The van der Waals surface area contributed by atoms with E-state index in [0.717, 1.165) is 61.8 Å². The number of hydrogen-bond donors (Lipinski definition) is 0. The third kappa shape index (κ3) is 7.02. The van der Waals surface area contributed by atoms with Gasteiger partial charge in [0.25, 0.3) is 0 Å². The third-order valence-corrected chi connectivity index (χ3v) is 11.0. The summed E-state index contributed by atoms with van der Waals surface area (Å²) in [4.78, 5) is 9.43. The van der Waals surface area contributed by atoms with Crippen molar-refractivity contribution in [3.05, 3.63) is 139 Å². The predicted octanol–water partition coefficient (Wildman–Crippen LogP) is 11.4. The summed E-state index contributed by atoms with van der Waals surface area (Å²) in [7, 11) is -1.34. The zero-order valence-corrected chi connectivity index (χ0v) is 32.3. The molecule has 0 amide bonds. The minimum Gasteiger partial charge on any atom is -0.501 e. The van der Waals surface area contributed by atoms with Crippen LogP contribution in [0.1, 0.15) is 25.0 Å². The second-order valence-corrected chi connectivity index (χ2v) is 19.1. The minimum absolute atomic E-state index is 0. The van der Waals surface area contributed by atoms with Gasteiger partial charge in [-0.25, -0.2) is 0 Å². The van der Waals surface area contributed by atoms with Crippen LogP contribution in [0.2, 0.25) is 19.6 Å². The number of rotatable bonds is 5. The second-order valence-electron chi connectivity index (χ2n) is 14.1. The molecule has 1 radical (unpaired) electrons. The van der Waals surface area contributed by atoms with Crippen LogP contribution in [0.15, 0.2) is 120 Å². The summed E-state index contributed by atoms with van der Waals surface area (Å²) in [6, 6.07) is 42.1. The van der Waals surface area contributed by atoms with Crippen molar-refractivity contribution in [1.82, 2.24) is 9.97 Å². The number of fused-ring (bicyclic) bond motifs is 6. The van der Waals surface area contributed by atoms with E-state index in [1.807, 2.05) is 48.7 Å². The first-order valence-corrected chi connectivity index (χ1v) is 20.2. The summed E-state index contributed by atoms with van der Waals surface area (Å²) in [5, 5.41) is 8.56. The van der Waals surface area contributed by atoms with Gasteiger partial charge < -0.3 is 14.4 Å². The van der Waals surface area contributed by atoms with E-state index in [1.54, 1.807) is 0 Å². The van der Waals surface area contributed by atoms with E-state index in [9.17, 15) is 0 Å². The van der Waals surface area contributed by atoms with Gasteiger partial charge in [-0.1, -0.05) is 124 Å². The first kappa shape index (κ1) is 34.4. The van der Waals surface area contributed by atoms with Gasteiger partial charge in [-0.3, -0.25) is 0 Å². The Bertz CT molecular complexity index is 2410. The first-order chi connectivity index (χ1) is 23.2. The maximum absolute atomic E-state index is 6.25. The molecule has 0 bridgehead atoms. The Morgan fingerprint density at radius 3 is 2.20 bits per heavy atom. The van der Waals surface area contributed by atoms with Gasteiger partial charge >= 0.3 is 0 Å². The van der Waals surface area contributed by atoms with Crippen molar-refractivity contribution in [3.8, 4) is 22.5 Å². The van der Waals surface area contributed by atoms with Crippen molar-refractivity contribution in [3.63, 3.8) is 0 Å². The molecule has 0 aliphatic rings. The average molecular weight is 833 g/mol. The van der Waals surface area contributed by atoms with E-state index >= 15 is 0 Å². The van der Waals surface area contributed by atoms with Gasteiger partial charge in [0.1, 0.15) is 5.58 Å². The molecular weight excluding hydrogens is 793 g/mol. The number of para-hydroxylation sites is 1. The van der Waals surface area contributed by atoms with Gasteiger partial charge in [0.05, 0.1) is 13.7 Å². The van der Waals surface area contributed by atoms with Gasteiger partial charge in [0, 0.05) is 37.9 Å². The fraction of sp³-hybridized carbons (Fsp3) is 0.182. The van der Waals surface area contributed by atoms with E-state index in [-0.39, 0.29) is 20.1 Å². The Kier molecular flexibility index (Phi) is 9.99. The van der Waals surface area contributed by atoms with E-state index in [0.29, 0.717) is 5.92 Å². The van der Waals surface area contributed by atoms with Crippen molar-refractivity contribution in [2.75, 3.05) is 0 Å². The topological polar surface area (TPSA) is 38.9 Å². The molecule has 247 valence electrons. The number of aryl methyl sites for hydroxylation is 1. The molecule has 0 spiro atoms. The van der Waals surface area contributed by atoms with Gasteiger partial charge in [0.15, 0.2) is 0 Å². The molecular formula is C44H40IrN2OSi-2. The van der Waals surface area contributed by atoms with Crippen molar-refractivity contribution < 1.29 is 24.5 Å². The van der Waals surface area contributed by atoms with Crippen LogP contribution in [0.3, 0.4) is 0 Å².